The van der Waals surface area contributed by atoms with Gasteiger partial charge in [0.25, 0.3) is 5.91 Å². The number of anilines is 1. The van der Waals surface area contributed by atoms with Crippen molar-refractivity contribution in [3.63, 3.8) is 0 Å². The van der Waals surface area contributed by atoms with Crippen LogP contribution in [0.3, 0.4) is 0 Å². The van der Waals surface area contributed by atoms with Gasteiger partial charge < -0.3 is 20.5 Å². The van der Waals surface area contributed by atoms with E-state index in [1.165, 1.54) is 20.0 Å². The number of nitrogens with zero attached hydrogens (tertiary/aromatic N) is 1. The third-order valence-corrected chi connectivity index (χ3v) is 4.53. The number of amides is 1. The fourth-order valence-corrected chi connectivity index (χ4v) is 2.86. The van der Waals surface area contributed by atoms with Crippen molar-refractivity contribution in [3.05, 3.63) is 23.0 Å². The van der Waals surface area contributed by atoms with Crippen molar-refractivity contribution >= 4 is 23.2 Å². The highest BCUT2D eigenvalue weighted by Crippen LogP contribution is 2.31. The SMILES string of the molecule is COCC1CC(Nc2cc(Cl)ncc2C(=O)NCC(F)C(C)(C)O)C1. The Morgan fingerprint density at radius 1 is 1.56 bits per heavy atom. The molecular formula is C17H25ClFN3O3. The minimum absolute atomic E-state index is 0.232. The molecule has 1 unspecified atom stereocenters. The van der Waals surface area contributed by atoms with E-state index in [9.17, 15) is 14.3 Å². The first-order chi connectivity index (χ1) is 11.7. The van der Waals surface area contributed by atoms with Gasteiger partial charge in [-0.2, -0.15) is 0 Å². The van der Waals surface area contributed by atoms with Crippen LogP contribution in [0.2, 0.25) is 5.15 Å². The molecule has 0 spiro atoms. The molecule has 2 rings (SSSR count). The molecule has 1 aromatic rings. The van der Waals surface area contributed by atoms with E-state index < -0.39 is 17.7 Å². The molecular weight excluding hydrogens is 349 g/mol. The number of carbonyl (C=O) groups excluding carboxylic acids is 1. The molecule has 0 aliphatic heterocycles. The Morgan fingerprint density at radius 3 is 2.84 bits per heavy atom. The van der Waals surface area contributed by atoms with Crippen LogP contribution in [0.4, 0.5) is 10.1 Å². The summed E-state index contributed by atoms with van der Waals surface area (Å²) in [6.45, 7) is 3.14. The minimum atomic E-state index is -1.57. The molecule has 6 nitrogen and oxygen atoms in total. The second-order valence-electron chi connectivity index (χ2n) is 7.02. The van der Waals surface area contributed by atoms with Gasteiger partial charge in [-0.15, -0.1) is 0 Å². The van der Waals surface area contributed by atoms with Crippen molar-refractivity contribution in [1.29, 1.82) is 0 Å². The first-order valence-electron chi connectivity index (χ1n) is 8.26. The maximum atomic E-state index is 13.8. The molecule has 0 aromatic carbocycles. The van der Waals surface area contributed by atoms with Gasteiger partial charge in [0.1, 0.15) is 11.3 Å². The summed E-state index contributed by atoms with van der Waals surface area (Å²) in [5.74, 6) is 0.0440. The van der Waals surface area contributed by atoms with Gasteiger partial charge >= 0.3 is 0 Å². The first-order valence-corrected chi connectivity index (χ1v) is 8.64. The quantitative estimate of drug-likeness (QED) is 0.609. The van der Waals surface area contributed by atoms with E-state index in [-0.39, 0.29) is 17.7 Å². The molecule has 1 aromatic heterocycles. The van der Waals surface area contributed by atoms with Crippen LogP contribution in [0.5, 0.6) is 0 Å². The van der Waals surface area contributed by atoms with Gasteiger partial charge in [0.05, 0.1) is 23.4 Å². The van der Waals surface area contributed by atoms with Crippen molar-refractivity contribution < 1.29 is 19.0 Å². The molecule has 140 valence electrons. The normalized spacial score (nSPS) is 21.4. The molecule has 1 saturated carbocycles. The van der Waals surface area contributed by atoms with E-state index in [2.05, 4.69) is 15.6 Å². The number of aliphatic hydroxyl groups is 1. The Bertz CT molecular complexity index is 603. The number of nitrogens with one attached hydrogen (secondary N) is 2. The Labute approximate surface area is 152 Å². The van der Waals surface area contributed by atoms with Crippen LogP contribution in [0.1, 0.15) is 37.0 Å². The van der Waals surface area contributed by atoms with Crippen molar-refractivity contribution in [3.8, 4) is 0 Å². The van der Waals surface area contributed by atoms with E-state index in [0.717, 1.165) is 19.4 Å². The highest BCUT2D eigenvalue weighted by atomic mass is 35.5. The number of rotatable bonds is 8. The van der Waals surface area contributed by atoms with Crippen LogP contribution < -0.4 is 10.6 Å². The summed E-state index contributed by atoms with van der Waals surface area (Å²) in [5, 5.41) is 15.7. The molecule has 1 atom stereocenters. The van der Waals surface area contributed by atoms with Crippen LogP contribution in [0.15, 0.2) is 12.3 Å². The van der Waals surface area contributed by atoms with Crippen molar-refractivity contribution in [1.82, 2.24) is 10.3 Å². The van der Waals surface area contributed by atoms with Gasteiger partial charge in [-0.25, -0.2) is 9.37 Å². The zero-order chi connectivity index (χ0) is 18.6. The Morgan fingerprint density at radius 2 is 2.24 bits per heavy atom. The predicted octanol–water partition coefficient (Wildman–Crippen LogP) is 2.41. The standard InChI is InChI=1S/C17H25ClFN3O3/c1-17(2,24)14(19)8-21-16(23)12-7-20-15(18)6-13(12)22-11-4-10(5-11)9-25-3/h6-7,10-11,14,24H,4-5,8-9H2,1-3H3,(H,20,22)(H,21,23). The second-order valence-corrected chi connectivity index (χ2v) is 7.41. The lowest BCUT2D eigenvalue weighted by atomic mass is 9.80. The highest BCUT2D eigenvalue weighted by Gasteiger charge is 2.30. The van der Waals surface area contributed by atoms with Gasteiger partial charge in [-0.1, -0.05) is 11.6 Å². The van der Waals surface area contributed by atoms with Gasteiger partial charge in [-0.3, -0.25) is 4.79 Å². The van der Waals surface area contributed by atoms with Crippen LogP contribution in [0, 0.1) is 5.92 Å². The molecule has 1 fully saturated rings. The van der Waals surface area contributed by atoms with Crippen LogP contribution >= 0.6 is 11.6 Å². The summed E-state index contributed by atoms with van der Waals surface area (Å²) >= 11 is 5.94. The zero-order valence-corrected chi connectivity index (χ0v) is 15.4. The van der Waals surface area contributed by atoms with Crippen LogP contribution in [-0.2, 0) is 4.74 Å². The van der Waals surface area contributed by atoms with Crippen LogP contribution in [-0.4, -0.2) is 54.1 Å². The molecule has 3 N–H and O–H groups in total. The first kappa shape index (κ1) is 19.9. The molecule has 0 bridgehead atoms. The highest BCUT2D eigenvalue weighted by molar-refractivity contribution is 6.29. The lowest BCUT2D eigenvalue weighted by Gasteiger charge is -2.36. The third kappa shape index (κ3) is 5.52. The van der Waals surface area contributed by atoms with E-state index in [1.807, 2.05) is 0 Å². The summed E-state index contributed by atoms with van der Waals surface area (Å²) < 4.78 is 18.9. The summed E-state index contributed by atoms with van der Waals surface area (Å²) in [6, 6.07) is 1.82. The van der Waals surface area contributed by atoms with Gasteiger partial charge in [0.2, 0.25) is 0 Å². The minimum Gasteiger partial charge on any atom is -0.387 e. The van der Waals surface area contributed by atoms with Gasteiger partial charge in [0.15, 0.2) is 0 Å². The number of aromatic nitrogens is 1. The number of methoxy groups -OCH3 is 1. The van der Waals surface area contributed by atoms with Crippen molar-refractivity contribution in [2.75, 3.05) is 25.6 Å². The van der Waals surface area contributed by atoms with Gasteiger partial charge in [-0.05, 0) is 38.7 Å². The summed E-state index contributed by atoms with van der Waals surface area (Å²) in [5.41, 5.74) is -0.658. The van der Waals surface area contributed by atoms with E-state index in [0.29, 0.717) is 17.2 Å². The molecule has 1 amide bonds. The molecule has 0 saturated heterocycles. The lowest BCUT2D eigenvalue weighted by Crippen LogP contribution is -2.42. The molecule has 0 radical (unpaired) electrons. The molecule has 1 heterocycles. The number of carbonyl (C=O) groups is 1. The number of alkyl halides is 1. The largest absolute Gasteiger partial charge is 0.387 e. The Hall–Kier alpha value is -1.44. The summed E-state index contributed by atoms with van der Waals surface area (Å²) in [6.07, 6.45) is 1.68. The number of ether oxygens (including phenoxy) is 1. The zero-order valence-electron chi connectivity index (χ0n) is 14.7. The summed E-state index contributed by atoms with van der Waals surface area (Å²) in [4.78, 5) is 16.3. The second kappa shape index (κ2) is 8.29. The third-order valence-electron chi connectivity index (χ3n) is 4.32. The fourth-order valence-electron chi connectivity index (χ4n) is 2.70. The predicted molar refractivity (Wildman–Crippen MR) is 94.8 cm³/mol. The van der Waals surface area contributed by atoms with Crippen LogP contribution in [0.25, 0.3) is 0 Å². The molecule has 8 heteroatoms. The summed E-state index contributed by atoms with van der Waals surface area (Å²) in [7, 11) is 1.68. The number of hydrogen-bond donors (Lipinski definition) is 3. The molecule has 1 aliphatic rings. The molecule has 1 aliphatic carbocycles. The molecule has 25 heavy (non-hydrogen) atoms. The smallest absolute Gasteiger partial charge is 0.255 e. The van der Waals surface area contributed by atoms with E-state index >= 15 is 0 Å². The number of halogens is 2. The number of pyridine rings is 1. The van der Waals surface area contributed by atoms with E-state index in [4.69, 9.17) is 16.3 Å². The number of hydrogen-bond acceptors (Lipinski definition) is 5. The monoisotopic (exact) mass is 373 g/mol. The fraction of sp³-hybridized carbons (Fsp3) is 0.647. The maximum absolute atomic E-state index is 13.8. The Balaban J connectivity index is 1.99. The van der Waals surface area contributed by atoms with Crippen molar-refractivity contribution in [2.45, 2.75) is 44.5 Å². The van der Waals surface area contributed by atoms with Crippen molar-refractivity contribution in [2.24, 2.45) is 5.92 Å². The topological polar surface area (TPSA) is 83.5 Å². The van der Waals surface area contributed by atoms with Gasteiger partial charge in [0, 0.05) is 26.0 Å². The lowest BCUT2D eigenvalue weighted by molar-refractivity contribution is -0.00177. The average molecular weight is 374 g/mol. The maximum Gasteiger partial charge on any atom is 0.255 e. The average Bonchev–Trinajstić information content (AvgIpc) is 2.49. The van der Waals surface area contributed by atoms with E-state index in [1.54, 1.807) is 13.2 Å². The Kier molecular flexibility index (Phi) is 6.59.